The summed E-state index contributed by atoms with van der Waals surface area (Å²) in [6, 6.07) is 0.212. The number of nitrogens with zero attached hydrogens (tertiary/aromatic N) is 4. The van der Waals surface area contributed by atoms with E-state index < -0.39 is 5.60 Å². The third kappa shape index (κ3) is 5.14. The van der Waals surface area contributed by atoms with Crippen LogP contribution in [0.15, 0.2) is 12.4 Å². The minimum absolute atomic E-state index is 0.0868. The van der Waals surface area contributed by atoms with Gasteiger partial charge in [0.2, 0.25) is 5.91 Å². The van der Waals surface area contributed by atoms with Crippen LogP contribution in [0.5, 0.6) is 0 Å². The van der Waals surface area contributed by atoms with Crippen LogP contribution in [0.2, 0.25) is 0 Å². The van der Waals surface area contributed by atoms with Crippen molar-refractivity contribution in [2.45, 2.75) is 64.1 Å². The maximum absolute atomic E-state index is 12.9. The summed E-state index contributed by atoms with van der Waals surface area (Å²) < 4.78 is 7.53. The predicted octanol–water partition coefficient (Wildman–Crippen LogP) is 2.32. The van der Waals surface area contributed by atoms with Crippen LogP contribution in [-0.4, -0.2) is 69.2 Å². The van der Waals surface area contributed by atoms with Crippen molar-refractivity contribution in [2.75, 3.05) is 26.2 Å². The van der Waals surface area contributed by atoms with Gasteiger partial charge in [0.05, 0.1) is 12.6 Å². The molecule has 1 aromatic rings. The van der Waals surface area contributed by atoms with Gasteiger partial charge in [0.1, 0.15) is 11.4 Å². The second-order valence-corrected chi connectivity index (χ2v) is 10.1. The van der Waals surface area contributed by atoms with Crippen molar-refractivity contribution in [1.29, 1.82) is 0 Å². The highest BCUT2D eigenvalue weighted by atomic mass is 16.6. The summed E-state index contributed by atoms with van der Waals surface area (Å²) in [5, 5.41) is 3.32. The first-order chi connectivity index (χ1) is 14.2. The smallest absolute Gasteiger partial charge is 0.410 e. The second-order valence-electron chi connectivity index (χ2n) is 10.1. The van der Waals surface area contributed by atoms with Crippen molar-refractivity contribution in [2.24, 2.45) is 18.9 Å². The molecule has 0 radical (unpaired) electrons. The Morgan fingerprint density at radius 3 is 2.40 bits per heavy atom. The number of piperazine rings is 1. The molecule has 0 spiro atoms. The topological polar surface area (TPSA) is 79.7 Å². The van der Waals surface area contributed by atoms with E-state index in [1.165, 1.54) is 25.7 Å². The average Bonchev–Trinajstić information content (AvgIpc) is 3.58. The highest BCUT2D eigenvalue weighted by Crippen LogP contribution is 2.44. The molecular formula is C22H35N5O3. The van der Waals surface area contributed by atoms with E-state index in [-0.39, 0.29) is 18.0 Å². The van der Waals surface area contributed by atoms with Crippen molar-refractivity contribution in [3.05, 3.63) is 18.2 Å². The Balaban J connectivity index is 1.43. The van der Waals surface area contributed by atoms with Crippen LogP contribution < -0.4 is 5.32 Å². The molecule has 166 valence electrons. The normalized spacial score (nSPS) is 23.0. The summed E-state index contributed by atoms with van der Waals surface area (Å²) >= 11 is 0. The van der Waals surface area contributed by atoms with Crippen molar-refractivity contribution < 1.29 is 14.3 Å². The molecule has 0 bridgehead atoms. The molecule has 4 rings (SSSR count). The molecular weight excluding hydrogens is 382 g/mol. The average molecular weight is 418 g/mol. The van der Waals surface area contributed by atoms with E-state index in [1.54, 1.807) is 11.1 Å². The highest BCUT2D eigenvalue weighted by molar-refractivity contribution is 5.78. The van der Waals surface area contributed by atoms with E-state index in [2.05, 4.69) is 15.2 Å². The van der Waals surface area contributed by atoms with Gasteiger partial charge in [0, 0.05) is 45.1 Å². The Morgan fingerprint density at radius 1 is 1.20 bits per heavy atom. The molecule has 0 unspecified atom stereocenters. The number of rotatable bonds is 6. The quantitative estimate of drug-likeness (QED) is 0.768. The van der Waals surface area contributed by atoms with Gasteiger partial charge < -0.3 is 19.5 Å². The zero-order valence-electron chi connectivity index (χ0n) is 18.6. The number of carbonyl (C=O) groups is 2. The minimum atomic E-state index is -0.534. The summed E-state index contributed by atoms with van der Waals surface area (Å²) in [6.45, 7) is 7.56. The zero-order chi connectivity index (χ0) is 21.5. The molecule has 2 amide bonds. The van der Waals surface area contributed by atoms with E-state index in [0.717, 1.165) is 5.82 Å². The maximum Gasteiger partial charge on any atom is 0.410 e. The number of hydrogen-bond donors (Lipinski definition) is 1. The van der Waals surface area contributed by atoms with Gasteiger partial charge in [0.25, 0.3) is 0 Å². The maximum atomic E-state index is 12.9. The van der Waals surface area contributed by atoms with Crippen molar-refractivity contribution >= 4 is 12.0 Å². The zero-order valence-corrected chi connectivity index (χ0v) is 18.6. The van der Waals surface area contributed by atoms with Crippen molar-refractivity contribution in [1.82, 2.24) is 24.7 Å². The molecule has 1 aromatic heterocycles. The van der Waals surface area contributed by atoms with Crippen LogP contribution in [-0.2, 0) is 16.6 Å². The number of amides is 2. The van der Waals surface area contributed by atoms with E-state index in [9.17, 15) is 9.59 Å². The largest absolute Gasteiger partial charge is 0.444 e. The Morgan fingerprint density at radius 2 is 1.87 bits per heavy atom. The molecule has 1 N–H and O–H groups in total. The highest BCUT2D eigenvalue weighted by Gasteiger charge is 2.43. The lowest BCUT2D eigenvalue weighted by atomic mass is 10.1. The SMILES string of the molecule is Cn1ccnc1[C@@H]1CN(C(=O)OC(C)(C)C)CCN1CC(=O)NC(C1CC1)C1CC1. The molecule has 3 aliphatic rings. The fourth-order valence-electron chi connectivity index (χ4n) is 4.39. The van der Waals surface area contributed by atoms with Crippen LogP contribution in [0, 0.1) is 11.8 Å². The van der Waals surface area contributed by atoms with Crippen molar-refractivity contribution in [3.63, 3.8) is 0 Å². The summed E-state index contributed by atoms with van der Waals surface area (Å²) in [5.74, 6) is 2.30. The summed E-state index contributed by atoms with van der Waals surface area (Å²) in [6.07, 6.45) is 8.32. The predicted molar refractivity (Wildman–Crippen MR) is 113 cm³/mol. The fourth-order valence-corrected chi connectivity index (χ4v) is 4.39. The molecule has 8 heteroatoms. The first-order valence-electron chi connectivity index (χ1n) is 11.2. The fraction of sp³-hybridized carbons (Fsp3) is 0.773. The van der Waals surface area contributed by atoms with Gasteiger partial charge in [-0.2, -0.15) is 0 Å². The molecule has 0 aromatic carbocycles. The lowest BCUT2D eigenvalue weighted by Gasteiger charge is -2.41. The van der Waals surface area contributed by atoms with Crippen LogP contribution in [0.25, 0.3) is 0 Å². The van der Waals surface area contributed by atoms with Gasteiger partial charge in [-0.25, -0.2) is 9.78 Å². The summed E-state index contributed by atoms with van der Waals surface area (Å²) in [5.41, 5.74) is -0.534. The first-order valence-corrected chi connectivity index (χ1v) is 11.2. The van der Waals surface area contributed by atoms with E-state index >= 15 is 0 Å². The molecule has 1 atom stereocenters. The van der Waals surface area contributed by atoms with Crippen LogP contribution >= 0.6 is 0 Å². The molecule has 3 fully saturated rings. The molecule has 2 heterocycles. The first kappa shape index (κ1) is 21.2. The number of carbonyl (C=O) groups excluding carboxylic acids is 2. The van der Waals surface area contributed by atoms with Gasteiger partial charge in [0.15, 0.2) is 0 Å². The standard InChI is InChI=1S/C22H35N5O3/c1-22(2,3)30-21(29)27-12-11-26(17(13-27)20-23-9-10-25(20)4)14-18(28)24-19(15-5-6-15)16-7-8-16/h9-10,15-17,19H,5-8,11-14H2,1-4H3,(H,24,28)/t17-/m0/s1. The van der Waals surface area contributed by atoms with E-state index in [1.807, 2.05) is 38.6 Å². The van der Waals surface area contributed by atoms with Crippen LogP contribution in [0.3, 0.4) is 0 Å². The third-order valence-electron chi connectivity index (χ3n) is 6.23. The van der Waals surface area contributed by atoms with Crippen molar-refractivity contribution in [3.8, 4) is 0 Å². The molecule has 2 saturated carbocycles. The monoisotopic (exact) mass is 417 g/mol. The molecule has 8 nitrogen and oxygen atoms in total. The Bertz CT molecular complexity index is 766. The lowest BCUT2D eigenvalue weighted by Crippen LogP contribution is -2.54. The summed E-state index contributed by atoms with van der Waals surface area (Å²) in [7, 11) is 1.95. The van der Waals surface area contributed by atoms with E-state index in [0.29, 0.717) is 44.1 Å². The number of aromatic nitrogens is 2. The Hall–Kier alpha value is -2.09. The lowest BCUT2D eigenvalue weighted by molar-refractivity contribution is -0.124. The number of aryl methyl sites for hydroxylation is 1. The van der Waals surface area contributed by atoms with Gasteiger partial charge >= 0.3 is 6.09 Å². The molecule has 1 saturated heterocycles. The van der Waals surface area contributed by atoms with Crippen LogP contribution in [0.4, 0.5) is 4.79 Å². The number of nitrogens with one attached hydrogen (secondary N) is 1. The number of imidazole rings is 1. The van der Waals surface area contributed by atoms with E-state index in [4.69, 9.17) is 4.74 Å². The van der Waals surface area contributed by atoms with Gasteiger partial charge in [-0.1, -0.05) is 0 Å². The summed E-state index contributed by atoms with van der Waals surface area (Å²) in [4.78, 5) is 33.9. The van der Waals surface area contributed by atoms with Gasteiger partial charge in [-0.05, 0) is 58.3 Å². The second kappa shape index (κ2) is 8.21. The minimum Gasteiger partial charge on any atom is -0.444 e. The Labute approximate surface area is 178 Å². The van der Waals surface area contributed by atoms with Gasteiger partial charge in [-0.3, -0.25) is 9.69 Å². The molecule has 2 aliphatic carbocycles. The van der Waals surface area contributed by atoms with Crippen LogP contribution in [0.1, 0.15) is 58.3 Å². The number of hydrogen-bond acceptors (Lipinski definition) is 5. The van der Waals surface area contributed by atoms with Gasteiger partial charge in [-0.15, -0.1) is 0 Å². The Kier molecular flexibility index (Phi) is 5.79. The number of ether oxygens (including phenoxy) is 1. The third-order valence-corrected chi connectivity index (χ3v) is 6.23. The molecule has 1 aliphatic heterocycles. The molecule has 30 heavy (non-hydrogen) atoms.